The molecule has 178 valence electrons. The lowest BCUT2D eigenvalue weighted by molar-refractivity contribution is -0.139. The number of amides is 3. The molecule has 0 spiro atoms. The minimum Gasteiger partial charge on any atom is -0.341 e. The van der Waals surface area contributed by atoms with Crippen molar-refractivity contribution in [2.24, 2.45) is 5.92 Å². The highest BCUT2D eigenvalue weighted by Gasteiger charge is 2.31. The maximum absolute atomic E-state index is 13.2. The predicted octanol–water partition coefficient (Wildman–Crippen LogP) is 3.62. The van der Waals surface area contributed by atoms with Gasteiger partial charge in [0.1, 0.15) is 0 Å². The van der Waals surface area contributed by atoms with Crippen molar-refractivity contribution < 1.29 is 14.4 Å². The van der Waals surface area contributed by atoms with Gasteiger partial charge in [-0.2, -0.15) is 0 Å². The molecule has 2 aromatic carbocycles. The van der Waals surface area contributed by atoms with Gasteiger partial charge in [0, 0.05) is 56.8 Å². The standard InChI is InChI=1S/C28H33N3O3/c1-22-7-5-10-25(21-22)28(34)31-16-6-15-30(19-20-31)27(33)24-13-17-29(18-14-24)26(32)12-11-23-8-3-2-4-9-23/h2-5,7-12,21,24H,6,13-20H2,1H3/b12-11+. The molecular formula is C28H33N3O3. The van der Waals surface area contributed by atoms with E-state index in [1.54, 1.807) is 6.08 Å². The summed E-state index contributed by atoms with van der Waals surface area (Å²) in [5, 5.41) is 0. The third-order valence-electron chi connectivity index (χ3n) is 6.73. The maximum Gasteiger partial charge on any atom is 0.253 e. The molecule has 0 atom stereocenters. The Morgan fingerprint density at radius 2 is 1.50 bits per heavy atom. The molecule has 2 aliphatic heterocycles. The van der Waals surface area contributed by atoms with Crippen LogP contribution in [0.5, 0.6) is 0 Å². The van der Waals surface area contributed by atoms with E-state index < -0.39 is 0 Å². The summed E-state index contributed by atoms with van der Waals surface area (Å²) < 4.78 is 0. The van der Waals surface area contributed by atoms with Gasteiger partial charge in [-0.1, -0.05) is 48.0 Å². The van der Waals surface area contributed by atoms with Crippen molar-refractivity contribution in [2.45, 2.75) is 26.2 Å². The van der Waals surface area contributed by atoms with Gasteiger partial charge in [-0.15, -0.1) is 0 Å². The van der Waals surface area contributed by atoms with Crippen LogP contribution < -0.4 is 0 Å². The third-order valence-corrected chi connectivity index (χ3v) is 6.73. The zero-order chi connectivity index (χ0) is 23.9. The van der Waals surface area contributed by atoms with Crippen LogP contribution in [0.4, 0.5) is 0 Å². The minimum absolute atomic E-state index is 0.00479. The van der Waals surface area contributed by atoms with Crippen LogP contribution in [0.2, 0.25) is 0 Å². The average Bonchev–Trinajstić information content (AvgIpc) is 3.13. The van der Waals surface area contributed by atoms with Crippen LogP contribution in [0.3, 0.4) is 0 Å². The minimum atomic E-state index is -0.0545. The average molecular weight is 460 g/mol. The SMILES string of the molecule is Cc1cccc(C(=O)N2CCCN(C(=O)C3CCN(C(=O)/C=C/c4ccccc4)CC3)CC2)c1. The summed E-state index contributed by atoms with van der Waals surface area (Å²) in [6.07, 6.45) is 5.61. The van der Waals surface area contributed by atoms with E-state index in [0.29, 0.717) is 57.7 Å². The highest BCUT2D eigenvalue weighted by molar-refractivity contribution is 5.94. The molecule has 6 nitrogen and oxygen atoms in total. The summed E-state index contributed by atoms with van der Waals surface area (Å²) in [6.45, 7) is 5.64. The third kappa shape index (κ3) is 5.93. The first-order valence-electron chi connectivity index (χ1n) is 12.2. The normalized spacial score (nSPS) is 17.6. The fourth-order valence-electron chi connectivity index (χ4n) is 4.74. The molecule has 0 saturated carbocycles. The van der Waals surface area contributed by atoms with Crippen molar-refractivity contribution >= 4 is 23.8 Å². The van der Waals surface area contributed by atoms with E-state index in [0.717, 1.165) is 17.5 Å². The zero-order valence-electron chi connectivity index (χ0n) is 19.9. The number of hydrogen-bond acceptors (Lipinski definition) is 3. The van der Waals surface area contributed by atoms with Crippen molar-refractivity contribution in [1.29, 1.82) is 0 Å². The van der Waals surface area contributed by atoms with E-state index in [9.17, 15) is 14.4 Å². The van der Waals surface area contributed by atoms with Crippen LogP contribution >= 0.6 is 0 Å². The van der Waals surface area contributed by atoms with Crippen LogP contribution in [-0.2, 0) is 9.59 Å². The second-order valence-electron chi connectivity index (χ2n) is 9.18. The number of aryl methyl sites for hydroxylation is 1. The summed E-state index contributed by atoms with van der Waals surface area (Å²) in [4.78, 5) is 44.2. The van der Waals surface area contributed by atoms with Crippen LogP contribution in [0.1, 0.15) is 40.7 Å². The number of rotatable bonds is 4. The van der Waals surface area contributed by atoms with Gasteiger partial charge >= 0.3 is 0 Å². The second-order valence-corrected chi connectivity index (χ2v) is 9.18. The van der Waals surface area contributed by atoms with Crippen molar-refractivity contribution in [3.63, 3.8) is 0 Å². The molecule has 3 amide bonds. The van der Waals surface area contributed by atoms with Gasteiger partial charge in [0.15, 0.2) is 0 Å². The molecule has 6 heteroatoms. The fourth-order valence-corrected chi connectivity index (χ4v) is 4.74. The zero-order valence-corrected chi connectivity index (χ0v) is 19.9. The Hall–Kier alpha value is -3.41. The number of benzene rings is 2. The summed E-state index contributed by atoms with van der Waals surface area (Å²) in [7, 11) is 0. The first kappa shape index (κ1) is 23.7. The Balaban J connectivity index is 1.26. The molecule has 34 heavy (non-hydrogen) atoms. The quantitative estimate of drug-likeness (QED) is 0.656. The van der Waals surface area contributed by atoms with Gasteiger partial charge in [0.25, 0.3) is 5.91 Å². The number of nitrogens with zero attached hydrogens (tertiary/aromatic N) is 3. The predicted molar refractivity (Wildman–Crippen MR) is 133 cm³/mol. The van der Waals surface area contributed by atoms with E-state index in [-0.39, 0.29) is 23.6 Å². The van der Waals surface area contributed by atoms with Crippen LogP contribution in [0.15, 0.2) is 60.7 Å². The number of likely N-dealkylation sites (tertiary alicyclic amines) is 1. The molecule has 2 heterocycles. The van der Waals surface area contributed by atoms with Crippen molar-refractivity contribution in [3.05, 3.63) is 77.4 Å². The largest absolute Gasteiger partial charge is 0.341 e. The molecule has 0 N–H and O–H groups in total. The van der Waals surface area contributed by atoms with Crippen LogP contribution in [0, 0.1) is 12.8 Å². The Labute approximate surface area is 201 Å². The summed E-state index contributed by atoms with van der Waals surface area (Å²) in [5.41, 5.74) is 2.77. The molecule has 2 aliphatic rings. The highest BCUT2D eigenvalue weighted by Crippen LogP contribution is 2.21. The molecule has 0 aromatic heterocycles. The monoisotopic (exact) mass is 459 g/mol. The second kappa shape index (κ2) is 11.1. The van der Waals surface area contributed by atoms with Gasteiger partial charge in [0.05, 0.1) is 0 Å². The van der Waals surface area contributed by atoms with E-state index in [4.69, 9.17) is 0 Å². The Morgan fingerprint density at radius 1 is 0.794 bits per heavy atom. The van der Waals surface area contributed by atoms with Crippen LogP contribution in [0.25, 0.3) is 6.08 Å². The molecule has 0 bridgehead atoms. The first-order chi connectivity index (χ1) is 16.5. The number of carbonyl (C=O) groups excluding carboxylic acids is 3. The highest BCUT2D eigenvalue weighted by atomic mass is 16.2. The van der Waals surface area contributed by atoms with E-state index in [1.165, 1.54) is 0 Å². The molecule has 2 saturated heterocycles. The van der Waals surface area contributed by atoms with E-state index >= 15 is 0 Å². The fraction of sp³-hybridized carbons (Fsp3) is 0.393. The molecule has 2 fully saturated rings. The summed E-state index contributed by atoms with van der Waals surface area (Å²) in [6, 6.07) is 17.4. The first-order valence-corrected chi connectivity index (χ1v) is 12.2. The Kier molecular flexibility index (Phi) is 7.78. The lowest BCUT2D eigenvalue weighted by Crippen LogP contribution is -2.45. The molecular weight excluding hydrogens is 426 g/mol. The molecule has 0 unspecified atom stereocenters. The van der Waals surface area contributed by atoms with Gasteiger partial charge in [-0.05, 0) is 50.0 Å². The Bertz CT molecular complexity index is 1040. The topological polar surface area (TPSA) is 60.9 Å². The molecule has 0 aliphatic carbocycles. The Morgan fingerprint density at radius 3 is 2.24 bits per heavy atom. The van der Waals surface area contributed by atoms with E-state index in [2.05, 4.69) is 0 Å². The molecule has 0 radical (unpaired) electrons. The van der Waals surface area contributed by atoms with Crippen LogP contribution in [-0.4, -0.2) is 71.7 Å². The van der Waals surface area contributed by atoms with E-state index in [1.807, 2.05) is 82.3 Å². The molecule has 2 aromatic rings. The van der Waals surface area contributed by atoms with Gasteiger partial charge in [-0.25, -0.2) is 0 Å². The van der Waals surface area contributed by atoms with Gasteiger partial charge in [0.2, 0.25) is 11.8 Å². The van der Waals surface area contributed by atoms with Crippen molar-refractivity contribution in [1.82, 2.24) is 14.7 Å². The molecule has 4 rings (SSSR count). The van der Waals surface area contributed by atoms with Crippen molar-refractivity contribution in [2.75, 3.05) is 39.3 Å². The lowest BCUT2D eigenvalue weighted by atomic mass is 9.95. The number of piperidine rings is 1. The van der Waals surface area contributed by atoms with Gasteiger partial charge in [-0.3, -0.25) is 14.4 Å². The summed E-state index contributed by atoms with van der Waals surface area (Å²) in [5.74, 6) is 0.140. The van der Waals surface area contributed by atoms with Gasteiger partial charge < -0.3 is 14.7 Å². The van der Waals surface area contributed by atoms with Crippen molar-refractivity contribution in [3.8, 4) is 0 Å². The smallest absolute Gasteiger partial charge is 0.253 e. The number of carbonyl (C=O) groups is 3. The number of hydrogen-bond donors (Lipinski definition) is 0. The lowest BCUT2D eigenvalue weighted by Gasteiger charge is -2.33. The maximum atomic E-state index is 13.2. The summed E-state index contributed by atoms with van der Waals surface area (Å²) >= 11 is 0.